The third kappa shape index (κ3) is 6.74. The smallest absolute Gasteiger partial charge is 0.262 e. The fourth-order valence-electron chi connectivity index (χ4n) is 1.91. The van der Waals surface area contributed by atoms with E-state index in [1.807, 2.05) is 6.07 Å². The number of hydrogen-bond acceptors (Lipinski definition) is 4. The van der Waals surface area contributed by atoms with E-state index in [4.69, 9.17) is 4.42 Å². The number of benzene rings is 1. The summed E-state index contributed by atoms with van der Waals surface area (Å²) in [6.45, 7) is 1.80. The van der Waals surface area contributed by atoms with Gasteiger partial charge < -0.3 is 9.73 Å². The zero-order chi connectivity index (χ0) is 18.1. The van der Waals surface area contributed by atoms with Crippen LogP contribution in [0.15, 0.2) is 53.0 Å². The highest BCUT2D eigenvalue weighted by molar-refractivity contribution is 5.95. The van der Waals surface area contributed by atoms with Crippen LogP contribution in [0.5, 0.6) is 0 Å². The standard InChI is InChI=1S/C18H19N3O4/c1-13-7-8-15(25-13)9-10-17(23)20-21-18(24)12-11-16(22)19-14-5-3-2-4-6-14/h2-10H,11-12H2,1H3,(H,19,22)(H,20,23)(H,21,24). The summed E-state index contributed by atoms with van der Waals surface area (Å²) in [7, 11) is 0. The molecule has 1 aromatic carbocycles. The summed E-state index contributed by atoms with van der Waals surface area (Å²) in [6.07, 6.45) is 2.70. The molecule has 1 aromatic heterocycles. The molecule has 7 heteroatoms. The number of carbonyl (C=O) groups is 3. The van der Waals surface area contributed by atoms with Crippen LogP contribution in [0.4, 0.5) is 5.69 Å². The lowest BCUT2D eigenvalue weighted by Gasteiger charge is -2.06. The summed E-state index contributed by atoms with van der Waals surface area (Å²) in [5.41, 5.74) is 5.14. The summed E-state index contributed by atoms with van der Waals surface area (Å²) in [5.74, 6) is 0.0365. The van der Waals surface area contributed by atoms with Gasteiger partial charge >= 0.3 is 0 Å². The Morgan fingerprint density at radius 1 is 0.960 bits per heavy atom. The maximum absolute atomic E-state index is 11.7. The minimum absolute atomic E-state index is 0.0120. The van der Waals surface area contributed by atoms with Gasteiger partial charge in [0.15, 0.2) is 0 Å². The Balaban J connectivity index is 1.65. The molecule has 0 aliphatic carbocycles. The fraction of sp³-hybridized carbons (Fsp3) is 0.167. The third-order valence-electron chi connectivity index (χ3n) is 3.12. The van der Waals surface area contributed by atoms with Gasteiger partial charge in [0, 0.05) is 24.6 Å². The van der Waals surface area contributed by atoms with Crippen LogP contribution in [-0.2, 0) is 14.4 Å². The molecule has 0 aliphatic rings. The highest BCUT2D eigenvalue weighted by atomic mass is 16.3. The molecule has 0 spiro atoms. The van der Waals surface area contributed by atoms with Crippen LogP contribution in [0.3, 0.4) is 0 Å². The highest BCUT2D eigenvalue weighted by Gasteiger charge is 2.07. The van der Waals surface area contributed by atoms with Crippen LogP contribution < -0.4 is 16.2 Å². The van der Waals surface area contributed by atoms with Crippen molar-refractivity contribution in [2.24, 2.45) is 0 Å². The second kappa shape index (κ2) is 9.07. The predicted octanol–water partition coefficient (Wildman–Crippen LogP) is 2.17. The topological polar surface area (TPSA) is 100 Å². The summed E-state index contributed by atoms with van der Waals surface area (Å²) in [4.78, 5) is 34.9. The molecule has 0 saturated carbocycles. The van der Waals surface area contributed by atoms with Crippen molar-refractivity contribution >= 4 is 29.5 Å². The van der Waals surface area contributed by atoms with E-state index in [2.05, 4.69) is 16.2 Å². The van der Waals surface area contributed by atoms with E-state index < -0.39 is 11.8 Å². The first-order chi connectivity index (χ1) is 12.0. The van der Waals surface area contributed by atoms with Crippen molar-refractivity contribution in [1.82, 2.24) is 10.9 Å². The van der Waals surface area contributed by atoms with E-state index in [0.717, 1.165) is 5.76 Å². The molecule has 2 aromatic rings. The normalized spacial score (nSPS) is 10.4. The number of rotatable bonds is 6. The minimum Gasteiger partial charge on any atom is -0.462 e. The lowest BCUT2D eigenvalue weighted by Crippen LogP contribution is -2.40. The highest BCUT2D eigenvalue weighted by Crippen LogP contribution is 2.07. The number of nitrogens with one attached hydrogen (secondary N) is 3. The lowest BCUT2D eigenvalue weighted by atomic mass is 10.2. The number of hydrazine groups is 1. The van der Waals surface area contributed by atoms with Crippen molar-refractivity contribution < 1.29 is 18.8 Å². The zero-order valence-electron chi connectivity index (χ0n) is 13.7. The van der Waals surface area contributed by atoms with E-state index in [0.29, 0.717) is 11.4 Å². The van der Waals surface area contributed by atoms with Crippen LogP contribution >= 0.6 is 0 Å². The van der Waals surface area contributed by atoms with Crippen molar-refractivity contribution in [1.29, 1.82) is 0 Å². The summed E-state index contributed by atoms with van der Waals surface area (Å²) in [5, 5.41) is 2.67. The van der Waals surface area contributed by atoms with Crippen molar-refractivity contribution in [2.45, 2.75) is 19.8 Å². The molecule has 2 rings (SSSR count). The molecule has 3 N–H and O–H groups in total. The Morgan fingerprint density at radius 3 is 2.36 bits per heavy atom. The largest absolute Gasteiger partial charge is 0.462 e. The number of anilines is 1. The van der Waals surface area contributed by atoms with Gasteiger partial charge in [0.25, 0.3) is 5.91 Å². The molecule has 0 radical (unpaired) electrons. The molecule has 0 unspecified atom stereocenters. The van der Waals surface area contributed by atoms with Gasteiger partial charge in [-0.1, -0.05) is 18.2 Å². The van der Waals surface area contributed by atoms with Crippen LogP contribution in [0.1, 0.15) is 24.4 Å². The molecule has 1 heterocycles. The Kier molecular flexibility index (Phi) is 6.53. The van der Waals surface area contributed by atoms with Gasteiger partial charge in [0.2, 0.25) is 11.8 Å². The number of furan rings is 1. The lowest BCUT2D eigenvalue weighted by molar-refractivity contribution is -0.128. The number of amides is 3. The second-order valence-corrected chi connectivity index (χ2v) is 5.23. The van der Waals surface area contributed by atoms with Crippen LogP contribution in [0.25, 0.3) is 6.08 Å². The molecule has 3 amide bonds. The van der Waals surface area contributed by atoms with E-state index in [-0.39, 0.29) is 18.7 Å². The average molecular weight is 341 g/mol. The van der Waals surface area contributed by atoms with Crippen LogP contribution in [0.2, 0.25) is 0 Å². The molecule has 0 bridgehead atoms. The minimum atomic E-state index is -0.504. The van der Waals surface area contributed by atoms with Crippen molar-refractivity contribution in [3.8, 4) is 0 Å². The van der Waals surface area contributed by atoms with Crippen molar-refractivity contribution in [2.75, 3.05) is 5.32 Å². The van der Waals surface area contributed by atoms with Gasteiger partial charge in [-0.3, -0.25) is 25.2 Å². The summed E-state index contributed by atoms with van der Waals surface area (Å²) >= 11 is 0. The van der Waals surface area contributed by atoms with Gasteiger partial charge in [-0.05, 0) is 37.3 Å². The Bertz CT molecular complexity index is 766. The third-order valence-corrected chi connectivity index (χ3v) is 3.12. The first kappa shape index (κ1) is 18.0. The van der Waals surface area contributed by atoms with Gasteiger partial charge in [-0.15, -0.1) is 0 Å². The van der Waals surface area contributed by atoms with Gasteiger partial charge in [-0.25, -0.2) is 0 Å². The summed E-state index contributed by atoms with van der Waals surface area (Å²) < 4.78 is 5.27. The van der Waals surface area contributed by atoms with E-state index in [9.17, 15) is 14.4 Å². The predicted molar refractivity (Wildman–Crippen MR) is 93.1 cm³/mol. The van der Waals surface area contributed by atoms with Gasteiger partial charge in [0.05, 0.1) is 0 Å². The van der Waals surface area contributed by atoms with Gasteiger partial charge in [-0.2, -0.15) is 0 Å². The molecule has 0 atom stereocenters. The molecule has 25 heavy (non-hydrogen) atoms. The molecule has 0 aliphatic heterocycles. The molecule has 0 saturated heterocycles. The number of aryl methyl sites for hydroxylation is 1. The van der Waals surface area contributed by atoms with E-state index in [1.54, 1.807) is 43.3 Å². The van der Waals surface area contributed by atoms with Crippen LogP contribution in [-0.4, -0.2) is 17.7 Å². The number of carbonyl (C=O) groups excluding carboxylic acids is 3. The van der Waals surface area contributed by atoms with Crippen LogP contribution in [0, 0.1) is 6.92 Å². The maximum Gasteiger partial charge on any atom is 0.262 e. The number of hydrogen-bond donors (Lipinski definition) is 3. The summed E-state index contributed by atoms with van der Waals surface area (Å²) in [6, 6.07) is 12.5. The molecule has 130 valence electrons. The Labute approximate surface area is 145 Å². The first-order valence-corrected chi connectivity index (χ1v) is 7.71. The molecule has 0 fully saturated rings. The Morgan fingerprint density at radius 2 is 1.68 bits per heavy atom. The SMILES string of the molecule is Cc1ccc(C=CC(=O)NNC(=O)CCC(=O)Nc2ccccc2)o1. The fourth-order valence-corrected chi connectivity index (χ4v) is 1.91. The molecular formula is C18H19N3O4. The van der Waals surface area contributed by atoms with Crippen molar-refractivity contribution in [3.63, 3.8) is 0 Å². The molecule has 7 nitrogen and oxygen atoms in total. The Hall–Kier alpha value is -3.35. The number of para-hydroxylation sites is 1. The monoisotopic (exact) mass is 341 g/mol. The first-order valence-electron chi connectivity index (χ1n) is 7.71. The van der Waals surface area contributed by atoms with Crippen molar-refractivity contribution in [3.05, 3.63) is 60.1 Å². The van der Waals surface area contributed by atoms with E-state index >= 15 is 0 Å². The quantitative estimate of drug-likeness (QED) is 0.554. The molecular weight excluding hydrogens is 322 g/mol. The maximum atomic E-state index is 11.7. The average Bonchev–Trinajstić information content (AvgIpc) is 3.02. The second-order valence-electron chi connectivity index (χ2n) is 5.23. The van der Waals surface area contributed by atoms with E-state index in [1.165, 1.54) is 12.2 Å². The zero-order valence-corrected chi connectivity index (χ0v) is 13.7. The van der Waals surface area contributed by atoms with Gasteiger partial charge in [0.1, 0.15) is 11.5 Å².